The predicted octanol–water partition coefficient (Wildman–Crippen LogP) is 1.39. The van der Waals surface area contributed by atoms with Crippen LogP contribution in [-0.2, 0) is 5.75 Å². The van der Waals surface area contributed by atoms with Gasteiger partial charge < -0.3 is 9.52 Å². The number of rotatable bonds is 4. The highest BCUT2D eigenvalue weighted by Crippen LogP contribution is 2.19. The molecular formula is C8H7N3O3S. The van der Waals surface area contributed by atoms with Crippen LogP contribution < -0.4 is 0 Å². The van der Waals surface area contributed by atoms with E-state index in [0.717, 1.165) is 0 Å². The number of aromatic nitrogens is 3. The zero-order valence-electron chi connectivity index (χ0n) is 7.51. The lowest BCUT2D eigenvalue weighted by Crippen LogP contribution is -1.91. The Morgan fingerprint density at radius 2 is 2.47 bits per heavy atom. The summed E-state index contributed by atoms with van der Waals surface area (Å²) < 4.78 is 5.06. The molecule has 0 aliphatic carbocycles. The van der Waals surface area contributed by atoms with Crippen LogP contribution in [0.4, 0.5) is 0 Å². The number of nitrogens with one attached hydrogen (secondary N) is 1. The maximum atomic E-state index is 10.5. The molecule has 0 radical (unpaired) electrons. The fourth-order valence-corrected chi connectivity index (χ4v) is 1.65. The summed E-state index contributed by atoms with van der Waals surface area (Å²) in [6, 6.07) is 3.06. The van der Waals surface area contributed by atoms with E-state index in [2.05, 4.69) is 15.2 Å². The lowest BCUT2D eigenvalue weighted by Gasteiger charge is -1.92. The zero-order chi connectivity index (χ0) is 10.7. The molecule has 15 heavy (non-hydrogen) atoms. The molecule has 2 heterocycles. The lowest BCUT2D eigenvalue weighted by molar-refractivity contribution is 0.0661. The highest BCUT2D eigenvalue weighted by Gasteiger charge is 2.09. The Morgan fingerprint density at radius 1 is 1.60 bits per heavy atom. The fourth-order valence-electron chi connectivity index (χ4n) is 0.974. The molecule has 0 atom stereocenters. The minimum absolute atomic E-state index is 0.0526. The molecule has 0 fully saturated rings. The van der Waals surface area contributed by atoms with Gasteiger partial charge in [-0.15, -0.1) is 0 Å². The van der Waals surface area contributed by atoms with E-state index in [4.69, 9.17) is 9.52 Å². The fraction of sp³-hybridized carbons (Fsp3) is 0.125. The number of carbonyl (C=O) groups is 1. The van der Waals surface area contributed by atoms with Crippen LogP contribution in [0.25, 0.3) is 0 Å². The second-order valence-electron chi connectivity index (χ2n) is 2.65. The number of hydrogen-bond acceptors (Lipinski definition) is 5. The van der Waals surface area contributed by atoms with Crippen molar-refractivity contribution in [1.82, 2.24) is 15.2 Å². The first-order valence-electron chi connectivity index (χ1n) is 4.06. The largest absolute Gasteiger partial charge is 0.475 e. The summed E-state index contributed by atoms with van der Waals surface area (Å²) >= 11 is 1.39. The normalized spacial score (nSPS) is 10.4. The van der Waals surface area contributed by atoms with Crippen LogP contribution >= 0.6 is 11.8 Å². The summed E-state index contributed by atoms with van der Waals surface area (Å²) in [5.41, 5.74) is 0. The van der Waals surface area contributed by atoms with E-state index < -0.39 is 5.97 Å². The van der Waals surface area contributed by atoms with Gasteiger partial charge in [0, 0.05) is 0 Å². The Labute approximate surface area is 88.7 Å². The van der Waals surface area contributed by atoms with Crippen molar-refractivity contribution < 1.29 is 14.3 Å². The monoisotopic (exact) mass is 225 g/mol. The van der Waals surface area contributed by atoms with Crippen LogP contribution in [-0.4, -0.2) is 26.3 Å². The number of carboxylic acids is 1. The average molecular weight is 225 g/mol. The maximum absolute atomic E-state index is 10.5. The van der Waals surface area contributed by atoms with E-state index in [1.165, 1.54) is 24.2 Å². The number of carboxylic acid groups (broad SMARTS) is 1. The third-order valence-corrected chi connectivity index (χ3v) is 2.52. The van der Waals surface area contributed by atoms with Crippen molar-refractivity contribution in [3.05, 3.63) is 30.0 Å². The second kappa shape index (κ2) is 4.18. The topological polar surface area (TPSA) is 92.0 Å². The maximum Gasteiger partial charge on any atom is 0.371 e. The third-order valence-electron chi connectivity index (χ3n) is 1.62. The second-order valence-corrected chi connectivity index (χ2v) is 3.61. The number of nitrogens with zero attached hydrogens (tertiary/aromatic N) is 2. The van der Waals surface area contributed by atoms with Gasteiger partial charge in [-0.3, -0.25) is 5.10 Å². The highest BCUT2D eigenvalue weighted by molar-refractivity contribution is 7.98. The predicted molar refractivity (Wildman–Crippen MR) is 51.6 cm³/mol. The summed E-state index contributed by atoms with van der Waals surface area (Å²) in [5.74, 6) is -0.00876. The van der Waals surface area contributed by atoms with Crippen molar-refractivity contribution >= 4 is 17.7 Å². The van der Waals surface area contributed by atoms with Crippen molar-refractivity contribution in [2.24, 2.45) is 0 Å². The van der Waals surface area contributed by atoms with Crippen LogP contribution in [0.3, 0.4) is 0 Å². The number of H-pyrrole nitrogens is 1. The molecule has 2 N–H and O–H groups in total. The van der Waals surface area contributed by atoms with E-state index in [9.17, 15) is 4.79 Å². The number of aromatic carboxylic acids is 1. The summed E-state index contributed by atoms with van der Waals surface area (Å²) in [7, 11) is 0. The van der Waals surface area contributed by atoms with E-state index in [1.807, 2.05) is 0 Å². The van der Waals surface area contributed by atoms with Crippen molar-refractivity contribution in [2.75, 3.05) is 0 Å². The number of hydrogen-bond donors (Lipinski definition) is 2. The average Bonchev–Trinajstić information content (AvgIpc) is 2.86. The lowest BCUT2D eigenvalue weighted by atomic mass is 10.4. The van der Waals surface area contributed by atoms with Crippen LogP contribution in [0.15, 0.2) is 28.0 Å². The van der Waals surface area contributed by atoms with E-state index in [0.29, 0.717) is 16.7 Å². The van der Waals surface area contributed by atoms with Crippen LogP contribution in [0.1, 0.15) is 16.3 Å². The molecule has 0 spiro atoms. The molecule has 0 amide bonds. The minimum Gasteiger partial charge on any atom is -0.475 e. The number of aromatic amines is 1. The Morgan fingerprint density at radius 3 is 3.07 bits per heavy atom. The highest BCUT2D eigenvalue weighted by atomic mass is 32.2. The molecule has 0 saturated carbocycles. The Kier molecular flexibility index (Phi) is 2.72. The van der Waals surface area contributed by atoms with Gasteiger partial charge >= 0.3 is 5.97 Å². The standard InChI is InChI=1S/C8H7N3O3S/c12-7(13)6-2-1-5(14-6)3-15-8-9-4-10-11-8/h1-2,4H,3H2,(H,12,13)(H,9,10,11). The van der Waals surface area contributed by atoms with E-state index in [-0.39, 0.29) is 5.76 Å². The van der Waals surface area contributed by atoms with E-state index >= 15 is 0 Å². The molecule has 0 aromatic carbocycles. The van der Waals surface area contributed by atoms with Crippen molar-refractivity contribution in [3.8, 4) is 0 Å². The first kappa shape index (κ1) is 9.78. The van der Waals surface area contributed by atoms with Crippen molar-refractivity contribution in [1.29, 1.82) is 0 Å². The van der Waals surface area contributed by atoms with Gasteiger partial charge in [-0.2, -0.15) is 5.10 Å². The summed E-state index contributed by atoms with van der Waals surface area (Å²) in [6.07, 6.45) is 1.41. The van der Waals surface area contributed by atoms with Gasteiger partial charge in [0.15, 0.2) is 5.16 Å². The molecule has 0 saturated heterocycles. The summed E-state index contributed by atoms with van der Waals surface area (Å²) in [4.78, 5) is 14.4. The molecule has 2 rings (SSSR count). The molecular weight excluding hydrogens is 218 g/mol. The van der Waals surface area contributed by atoms with Crippen LogP contribution in [0.5, 0.6) is 0 Å². The van der Waals surface area contributed by atoms with Gasteiger partial charge in [0.2, 0.25) is 5.76 Å². The molecule has 0 unspecified atom stereocenters. The SMILES string of the molecule is O=C(O)c1ccc(CSc2ncn[nH]2)o1. The van der Waals surface area contributed by atoms with Gasteiger partial charge in [-0.05, 0) is 12.1 Å². The third kappa shape index (κ3) is 2.38. The van der Waals surface area contributed by atoms with Crippen molar-refractivity contribution in [3.63, 3.8) is 0 Å². The van der Waals surface area contributed by atoms with Crippen LogP contribution in [0, 0.1) is 0 Å². The Hall–Kier alpha value is -1.76. The Bertz CT molecular complexity index is 451. The molecule has 7 heteroatoms. The Balaban J connectivity index is 1.96. The zero-order valence-corrected chi connectivity index (χ0v) is 8.32. The van der Waals surface area contributed by atoms with Gasteiger partial charge in [0.25, 0.3) is 0 Å². The van der Waals surface area contributed by atoms with E-state index in [1.54, 1.807) is 6.07 Å². The quantitative estimate of drug-likeness (QED) is 0.764. The summed E-state index contributed by atoms with van der Waals surface area (Å²) in [5, 5.41) is 15.7. The van der Waals surface area contributed by atoms with Crippen molar-refractivity contribution in [2.45, 2.75) is 10.9 Å². The molecule has 6 nitrogen and oxygen atoms in total. The minimum atomic E-state index is -1.06. The number of thioether (sulfide) groups is 1. The molecule has 78 valence electrons. The van der Waals surface area contributed by atoms with Gasteiger partial charge in [-0.25, -0.2) is 9.78 Å². The molecule has 2 aromatic rings. The van der Waals surface area contributed by atoms with Gasteiger partial charge in [0.1, 0.15) is 12.1 Å². The molecule has 0 bridgehead atoms. The van der Waals surface area contributed by atoms with Gasteiger partial charge in [-0.1, -0.05) is 11.8 Å². The van der Waals surface area contributed by atoms with Crippen LogP contribution in [0.2, 0.25) is 0 Å². The van der Waals surface area contributed by atoms with Gasteiger partial charge in [0.05, 0.1) is 5.75 Å². The number of furan rings is 1. The smallest absolute Gasteiger partial charge is 0.371 e. The first-order chi connectivity index (χ1) is 7.25. The summed E-state index contributed by atoms with van der Waals surface area (Å²) in [6.45, 7) is 0. The first-order valence-corrected chi connectivity index (χ1v) is 5.04. The molecule has 0 aliphatic heterocycles. The molecule has 0 aliphatic rings. The molecule has 2 aromatic heterocycles.